The Labute approximate surface area is 124 Å². The second-order valence-electron chi connectivity index (χ2n) is 5.51. The maximum Gasteiger partial charge on any atom is 0.231 e. The van der Waals surface area contributed by atoms with Gasteiger partial charge in [0.2, 0.25) is 6.79 Å². The number of nitrogens with zero attached hydrogens (tertiary/aromatic N) is 1. The molecule has 0 atom stereocenters. The van der Waals surface area contributed by atoms with E-state index in [4.69, 9.17) is 15.2 Å². The highest BCUT2D eigenvalue weighted by atomic mass is 16.7. The molecule has 21 heavy (non-hydrogen) atoms. The molecule has 3 rings (SSSR count). The van der Waals surface area contributed by atoms with Crippen molar-refractivity contribution in [1.82, 2.24) is 4.98 Å². The first-order valence-corrected chi connectivity index (χ1v) is 7.36. The Bertz CT molecular complexity index is 653. The van der Waals surface area contributed by atoms with Gasteiger partial charge in [0.1, 0.15) is 5.82 Å². The van der Waals surface area contributed by atoms with Crippen molar-refractivity contribution in [1.29, 1.82) is 0 Å². The summed E-state index contributed by atoms with van der Waals surface area (Å²) in [5.41, 5.74) is 6.14. The first-order chi connectivity index (χ1) is 10.1. The predicted molar refractivity (Wildman–Crippen MR) is 83.9 cm³/mol. The summed E-state index contributed by atoms with van der Waals surface area (Å²) in [7, 11) is 0. The molecule has 112 valence electrons. The quantitative estimate of drug-likeness (QED) is 0.885. The number of hydrogen-bond donors (Lipinski definition) is 2. The Kier molecular flexibility index (Phi) is 3.59. The summed E-state index contributed by atoms with van der Waals surface area (Å²) in [4.78, 5) is 4.44. The third kappa shape index (κ3) is 2.61. The lowest BCUT2D eigenvalue weighted by atomic mass is 9.94. The van der Waals surface area contributed by atoms with Gasteiger partial charge in [-0.15, -0.1) is 0 Å². The monoisotopic (exact) mass is 287 g/mol. The minimum Gasteiger partial charge on any atom is -0.454 e. The van der Waals surface area contributed by atoms with E-state index in [1.54, 1.807) is 6.20 Å². The van der Waals surface area contributed by atoms with Crippen LogP contribution in [0, 0.1) is 0 Å². The Morgan fingerprint density at radius 2 is 1.95 bits per heavy atom. The summed E-state index contributed by atoms with van der Waals surface area (Å²) in [5.74, 6) is 2.39. The van der Waals surface area contributed by atoms with Gasteiger partial charge in [-0.3, -0.25) is 0 Å². The van der Waals surface area contributed by atoms with E-state index >= 15 is 0 Å². The highest BCUT2D eigenvalue weighted by Crippen LogP contribution is 2.37. The van der Waals surface area contributed by atoms with Crippen LogP contribution in [0.15, 0.2) is 24.4 Å². The molecule has 0 radical (unpaired) electrons. The highest BCUT2D eigenvalue weighted by molar-refractivity contribution is 5.94. The standard InChI is InChI=1S/C16H21N3O2/c1-3-16(17,4-2)9-19-15-12-8-14-13(20-10-21-14)7-11(12)5-6-18-15/h5-8H,3-4,9-10,17H2,1-2H3,(H,18,19). The van der Waals surface area contributed by atoms with E-state index in [0.29, 0.717) is 6.54 Å². The zero-order valence-corrected chi connectivity index (χ0v) is 12.5. The molecule has 1 aliphatic rings. The van der Waals surface area contributed by atoms with Crippen LogP contribution in [0.5, 0.6) is 11.5 Å². The summed E-state index contributed by atoms with van der Waals surface area (Å²) in [5, 5.41) is 5.49. The molecule has 0 saturated heterocycles. The SMILES string of the molecule is CCC(N)(CC)CNc1nccc2cc3c(cc12)OCO3. The minimum absolute atomic E-state index is 0.208. The third-order valence-corrected chi connectivity index (χ3v) is 4.27. The van der Waals surface area contributed by atoms with Crippen LogP contribution in [0.2, 0.25) is 0 Å². The van der Waals surface area contributed by atoms with Crippen LogP contribution in [0.25, 0.3) is 10.8 Å². The van der Waals surface area contributed by atoms with E-state index in [9.17, 15) is 0 Å². The first-order valence-electron chi connectivity index (χ1n) is 7.36. The van der Waals surface area contributed by atoms with Crippen molar-refractivity contribution in [2.24, 2.45) is 5.73 Å². The lowest BCUT2D eigenvalue weighted by Gasteiger charge is -2.27. The van der Waals surface area contributed by atoms with Crippen molar-refractivity contribution in [2.45, 2.75) is 32.2 Å². The van der Waals surface area contributed by atoms with Gasteiger partial charge in [0.15, 0.2) is 11.5 Å². The summed E-state index contributed by atoms with van der Waals surface area (Å²) >= 11 is 0. The van der Waals surface area contributed by atoms with Gasteiger partial charge < -0.3 is 20.5 Å². The first kappa shape index (κ1) is 13.9. The van der Waals surface area contributed by atoms with Crippen LogP contribution >= 0.6 is 0 Å². The highest BCUT2D eigenvalue weighted by Gasteiger charge is 2.21. The van der Waals surface area contributed by atoms with E-state index in [1.165, 1.54) is 0 Å². The molecule has 3 N–H and O–H groups in total. The van der Waals surface area contributed by atoms with Crippen LogP contribution < -0.4 is 20.5 Å². The molecule has 1 aliphatic heterocycles. The van der Waals surface area contributed by atoms with Crippen molar-refractivity contribution in [3.63, 3.8) is 0 Å². The van der Waals surface area contributed by atoms with Crippen molar-refractivity contribution in [3.8, 4) is 11.5 Å². The van der Waals surface area contributed by atoms with Crippen molar-refractivity contribution in [2.75, 3.05) is 18.7 Å². The molecule has 5 heteroatoms. The fraction of sp³-hybridized carbons (Fsp3) is 0.438. The number of hydrogen-bond acceptors (Lipinski definition) is 5. The van der Waals surface area contributed by atoms with Crippen LogP contribution in [-0.2, 0) is 0 Å². The molecule has 0 bridgehead atoms. The van der Waals surface area contributed by atoms with Crippen LogP contribution in [-0.4, -0.2) is 23.9 Å². The van der Waals surface area contributed by atoms with Gasteiger partial charge in [-0.2, -0.15) is 0 Å². The number of rotatable bonds is 5. The second kappa shape index (κ2) is 5.41. The number of fused-ring (bicyclic) bond motifs is 2. The van der Waals surface area contributed by atoms with Crippen LogP contribution in [0.4, 0.5) is 5.82 Å². The van der Waals surface area contributed by atoms with Gasteiger partial charge in [0.25, 0.3) is 0 Å². The molecule has 2 heterocycles. The molecule has 0 unspecified atom stereocenters. The van der Waals surface area contributed by atoms with Crippen molar-refractivity contribution in [3.05, 3.63) is 24.4 Å². The average Bonchev–Trinajstić information content (AvgIpc) is 2.97. The predicted octanol–water partition coefficient (Wildman–Crippen LogP) is 2.89. The number of benzene rings is 1. The Balaban J connectivity index is 1.92. The van der Waals surface area contributed by atoms with Gasteiger partial charge in [0, 0.05) is 23.7 Å². The van der Waals surface area contributed by atoms with Gasteiger partial charge >= 0.3 is 0 Å². The van der Waals surface area contributed by atoms with E-state index in [0.717, 1.165) is 40.9 Å². The Morgan fingerprint density at radius 1 is 1.24 bits per heavy atom. The number of anilines is 1. The van der Waals surface area contributed by atoms with Crippen molar-refractivity contribution >= 4 is 16.6 Å². The van der Waals surface area contributed by atoms with Crippen LogP contribution in [0.1, 0.15) is 26.7 Å². The molecule has 0 amide bonds. The molecule has 0 spiro atoms. The van der Waals surface area contributed by atoms with Gasteiger partial charge in [-0.1, -0.05) is 13.8 Å². The maximum absolute atomic E-state index is 6.34. The number of ether oxygens (including phenoxy) is 2. The average molecular weight is 287 g/mol. The Morgan fingerprint density at radius 3 is 2.67 bits per heavy atom. The zero-order chi connectivity index (χ0) is 14.9. The van der Waals surface area contributed by atoms with E-state index in [1.807, 2.05) is 18.2 Å². The van der Waals surface area contributed by atoms with E-state index < -0.39 is 0 Å². The van der Waals surface area contributed by atoms with Crippen molar-refractivity contribution < 1.29 is 9.47 Å². The molecular formula is C16H21N3O2. The summed E-state index contributed by atoms with van der Waals surface area (Å²) in [6, 6.07) is 5.93. The van der Waals surface area contributed by atoms with Gasteiger partial charge in [-0.05, 0) is 36.4 Å². The lowest BCUT2D eigenvalue weighted by Crippen LogP contribution is -2.45. The smallest absolute Gasteiger partial charge is 0.231 e. The molecule has 0 aliphatic carbocycles. The fourth-order valence-corrected chi connectivity index (χ4v) is 2.46. The normalized spacial score (nSPS) is 13.7. The second-order valence-corrected chi connectivity index (χ2v) is 5.51. The number of nitrogens with two attached hydrogens (primary N) is 1. The number of aromatic nitrogens is 1. The third-order valence-electron chi connectivity index (χ3n) is 4.27. The molecule has 1 aromatic carbocycles. The maximum atomic E-state index is 6.34. The molecule has 0 saturated carbocycles. The molecule has 2 aromatic rings. The van der Waals surface area contributed by atoms with Crippen LogP contribution in [0.3, 0.4) is 0 Å². The lowest BCUT2D eigenvalue weighted by molar-refractivity contribution is 0.174. The Hall–Kier alpha value is -2.01. The number of nitrogens with one attached hydrogen (secondary N) is 1. The fourth-order valence-electron chi connectivity index (χ4n) is 2.46. The largest absolute Gasteiger partial charge is 0.454 e. The molecule has 0 fully saturated rings. The zero-order valence-electron chi connectivity index (χ0n) is 12.5. The summed E-state index contributed by atoms with van der Waals surface area (Å²) in [6.07, 6.45) is 3.64. The minimum atomic E-state index is -0.208. The van der Waals surface area contributed by atoms with E-state index in [-0.39, 0.29) is 12.3 Å². The number of pyridine rings is 1. The summed E-state index contributed by atoms with van der Waals surface area (Å²) in [6.45, 7) is 5.19. The van der Waals surface area contributed by atoms with E-state index in [2.05, 4.69) is 24.1 Å². The molecule has 5 nitrogen and oxygen atoms in total. The van der Waals surface area contributed by atoms with Gasteiger partial charge in [0.05, 0.1) is 0 Å². The molecular weight excluding hydrogens is 266 g/mol. The van der Waals surface area contributed by atoms with Gasteiger partial charge in [-0.25, -0.2) is 4.98 Å². The topological polar surface area (TPSA) is 69.4 Å². The molecule has 1 aromatic heterocycles. The summed E-state index contributed by atoms with van der Waals surface area (Å²) < 4.78 is 10.9.